The molecule has 0 amide bonds. The molecule has 9 heteroatoms. The highest BCUT2D eigenvalue weighted by molar-refractivity contribution is 7.98. The van der Waals surface area contributed by atoms with Crippen molar-refractivity contribution in [3.63, 3.8) is 0 Å². The highest BCUT2D eigenvalue weighted by Crippen LogP contribution is 2.22. The van der Waals surface area contributed by atoms with Crippen LogP contribution < -0.4 is 5.56 Å². The maximum Gasteiger partial charge on any atom is 0.258 e. The third kappa shape index (κ3) is 2.83. The van der Waals surface area contributed by atoms with Crippen LogP contribution in [0.15, 0.2) is 51.9 Å². The van der Waals surface area contributed by atoms with E-state index in [0.717, 1.165) is 5.69 Å². The average molecular weight is 356 g/mol. The fourth-order valence-electron chi connectivity index (χ4n) is 2.22. The quantitative estimate of drug-likeness (QED) is 0.522. The van der Waals surface area contributed by atoms with Crippen LogP contribution in [-0.4, -0.2) is 29.6 Å². The molecule has 0 unspecified atom stereocenters. The first-order valence-electron chi connectivity index (χ1n) is 7.15. The molecule has 0 saturated heterocycles. The first-order chi connectivity index (χ1) is 11.7. The Bertz CT molecular complexity index is 1050. The molecule has 3 heterocycles. The van der Waals surface area contributed by atoms with E-state index in [-0.39, 0.29) is 5.56 Å². The van der Waals surface area contributed by atoms with Crippen LogP contribution in [0.5, 0.6) is 0 Å². The molecule has 24 heavy (non-hydrogen) atoms. The first-order valence-corrected chi connectivity index (χ1v) is 9.01. The second-order valence-corrected chi connectivity index (χ2v) is 6.95. The van der Waals surface area contributed by atoms with Crippen molar-refractivity contribution in [3.8, 4) is 5.69 Å². The number of hydrogen-bond donors (Lipinski definition) is 0. The van der Waals surface area contributed by atoms with Gasteiger partial charge in [0.25, 0.3) is 5.56 Å². The molecule has 0 aliphatic rings. The van der Waals surface area contributed by atoms with Gasteiger partial charge < -0.3 is 0 Å². The maximum absolute atomic E-state index is 12.0. The number of nitrogens with zero attached hydrogens (tertiary/aromatic N) is 6. The van der Waals surface area contributed by atoms with Crippen molar-refractivity contribution in [1.29, 1.82) is 0 Å². The molecule has 3 aromatic heterocycles. The third-order valence-corrected chi connectivity index (χ3v) is 5.13. The van der Waals surface area contributed by atoms with E-state index in [1.165, 1.54) is 33.1 Å². The second-order valence-electron chi connectivity index (χ2n) is 5.14. The smallest absolute Gasteiger partial charge is 0.258 e. The predicted molar refractivity (Wildman–Crippen MR) is 92.8 cm³/mol. The Labute approximate surface area is 145 Å². The molecule has 0 saturated carbocycles. The Balaban J connectivity index is 1.59. The van der Waals surface area contributed by atoms with Crippen molar-refractivity contribution in [3.05, 3.63) is 63.5 Å². The molecule has 4 rings (SSSR count). The minimum absolute atomic E-state index is 0.0741. The number of rotatable bonds is 4. The fourth-order valence-corrected chi connectivity index (χ4v) is 3.74. The van der Waals surface area contributed by atoms with Gasteiger partial charge >= 0.3 is 0 Å². The van der Waals surface area contributed by atoms with E-state index in [9.17, 15) is 4.79 Å². The number of thiazole rings is 1. The summed E-state index contributed by atoms with van der Waals surface area (Å²) >= 11 is 2.88. The fraction of sp³-hybridized carbons (Fsp3) is 0.133. The molecule has 0 aliphatic carbocycles. The molecule has 4 aromatic rings. The van der Waals surface area contributed by atoms with Gasteiger partial charge in [-0.2, -0.15) is 4.68 Å². The zero-order valence-electron chi connectivity index (χ0n) is 12.7. The summed E-state index contributed by atoms with van der Waals surface area (Å²) < 4.78 is 3.22. The Morgan fingerprint density at radius 2 is 2.08 bits per heavy atom. The van der Waals surface area contributed by atoms with Crippen molar-refractivity contribution >= 4 is 28.1 Å². The van der Waals surface area contributed by atoms with Gasteiger partial charge in [0.15, 0.2) is 4.96 Å². The zero-order valence-corrected chi connectivity index (χ0v) is 14.3. The summed E-state index contributed by atoms with van der Waals surface area (Å²) in [5, 5.41) is 14.4. The molecule has 1 aromatic carbocycles. The normalized spacial score (nSPS) is 11.2. The number of aryl methyl sites for hydroxylation is 1. The summed E-state index contributed by atoms with van der Waals surface area (Å²) in [7, 11) is 0. The van der Waals surface area contributed by atoms with Crippen LogP contribution >= 0.6 is 23.1 Å². The molecule has 120 valence electrons. The van der Waals surface area contributed by atoms with Crippen LogP contribution in [0.4, 0.5) is 0 Å². The van der Waals surface area contributed by atoms with E-state index in [0.29, 0.717) is 21.6 Å². The summed E-state index contributed by atoms with van der Waals surface area (Å²) in [4.78, 5) is 17.2. The number of tetrazole rings is 1. The van der Waals surface area contributed by atoms with E-state index < -0.39 is 0 Å². The van der Waals surface area contributed by atoms with Crippen LogP contribution in [0.1, 0.15) is 11.3 Å². The molecule has 7 nitrogen and oxygen atoms in total. The second kappa shape index (κ2) is 6.17. The lowest BCUT2D eigenvalue weighted by molar-refractivity contribution is 0.756. The molecule has 0 aliphatic heterocycles. The van der Waals surface area contributed by atoms with Crippen molar-refractivity contribution in [2.75, 3.05) is 0 Å². The van der Waals surface area contributed by atoms with Gasteiger partial charge in [-0.15, -0.1) is 16.4 Å². The minimum atomic E-state index is -0.0741. The summed E-state index contributed by atoms with van der Waals surface area (Å²) in [6, 6.07) is 9.51. The molecular formula is C15H12N6OS2. The topological polar surface area (TPSA) is 78.0 Å². The number of hydrogen-bond acceptors (Lipinski definition) is 7. The van der Waals surface area contributed by atoms with Gasteiger partial charge in [0.2, 0.25) is 5.16 Å². The van der Waals surface area contributed by atoms with Crippen molar-refractivity contribution in [1.82, 2.24) is 29.6 Å². The van der Waals surface area contributed by atoms with E-state index in [4.69, 9.17) is 0 Å². The van der Waals surface area contributed by atoms with Crippen LogP contribution in [0.2, 0.25) is 0 Å². The molecular weight excluding hydrogens is 344 g/mol. The standard InChI is InChI=1S/C15H12N6OS2/c1-10-2-4-12(5-3-10)21-15(17-18-19-21)24-9-11-8-13(22)20-6-7-23-14(20)16-11/h2-8H,9H2,1H3. The lowest BCUT2D eigenvalue weighted by atomic mass is 10.2. The predicted octanol–water partition coefficient (Wildman–Crippen LogP) is 2.33. The number of benzene rings is 1. The summed E-state index contributed by atoms with van der Waals surface area (Å²) in [6.07, 6.45) is 1.73. The number of fused-ring (bicyclic) bond motifs is 1. The van der Waals surface area contributed by atoms with Gasteiger partial charge in [-0.05, 0) is 29.5 Å². The average Bonchev–Trinajstić information content (AvgIpc) is 3.22. The first kappa shape index (κ1) is 15.0. The Hall–Kier alpha value is -2.52. The van der Waals surface area contributed by atoms with Gasteiger partial charge in [-0.25, -0.2) is 4.98 Å². The maximum atomic E-state index is 12.0. The molecule has 0 atom stereocenters. The molecule has 0 N–H and O–H groups in total. The number of thioether (sulfide) groups is 1. The Morgan fingerprint density at radius 3 is 2.92 bits per heavy atom. The molecule has 0 fully saturated rings. The zero-order chi connectivity index (χ0) is 16.5. The van der Waals surface area contributed by atoms with E-state index in [1.54, 1.807) is 16.9 Å². The third-order valence-electron chi connectivity index (χ3n) is 3.42. The molecule has 0 spiro atoms. The lowest BCUT2D eigenvalue weighted by Gasteiger charge is -2.04. The van der Waals surface area contributed by atoms with Crippen molar-refractivity contribution in [2.45, 2.75) is 17.8 Å². The van der Waals surface area contributed by atoms with Crippen LogP contribution in [0.25, 0.3) is 10.6 Å². The molecule has 0 bridgehead atoms. The largest absolute Gasteiger partial charge is 0.269 e. The summed E-state index contributed by atoms with van der Waals surface area (Å²) in [5.74, 6) is 0.524. The van der Waals surface area contributed by atoms with Crippen molar-refractivity contribution < 1.29 is 0 Å². The highest BCUT2D eigenvalue weighted by atomic mass is 32.2. The van der Waals surface area contributed by atoms with E-state index in [2.05, 4.69) is 20.5 Å². The van der Waals surface area contributed by atoms with Crippen molar-refractivity contribution in [2.24, 2.45) is 0 Å². The van der Waals surface area contributed by atoms with Gasteiger partial charge in [0.1, 0.15) is 0 Å². The Morgan fingerprint density at radius 1 is 1.25 bits per heavy atom. The van der Waals surface area contributed by atoms with Gasteiger partial charge in [-0.1, -0.05) is 29.5 Å². The highest BCUT2D eigenvalue weighted by Gasteiger charge is 2.11. The summed E-state index contributed by atoms with van der Waals surface area (Å²) in [6.45, 7) is 2.03. The number of aromatic nitrogens is 6. The van der Waals surface area contributed by atoms with E-state index in [1.807, 2.05) is 36.6 Å². The SMILES string of the molecule is Cc1ccc(-n2nnnc2SCc2cc(=O)n3ccsc3n2)cc1. The monoisotopic (exact) mass is 356 g/mol. The van der Waals surface area contributed by atoms with Gasteiger partial charge in [-0.3, -0.25) is 9.20 Å². The van der Waals surface area contributed by atoms with Gasteiger partial charge in [0.05, 0.1) is 11.4 Å². The van der Waals surface area contributed by atoms with Crippen LogP contribution in [0.3, 0.4) is 0 Å². The summed E-state index contributed by atoms with van der Waals surface area (Å²) in [5.41, 5.74) is 2.71. The molecule has 0 radical (unpaired) electrons. The van der Waals surface area contributed by atoms with Crippen LogP contribution in [-0.2, 0) is 5.75 Å². The minimum Gasteiger partial charge on any atom is -0.269 e. The van der Waals surface area contributed by atoms with Gasteiger partial charge in [0, 0.05) is 23.4 Å². The Kier molecular flexibility index (Phi) is 3.87. The van der Waals surface area contributed by atoms with E-state index >= 15 is 0 Å². The van der Waals surface area contributed by atoms with Crippen LogP contribution in [0, 0.1) is 6.92 Å². The lowest BCUT2D eigenvalue weighted by Crippen LogP contribution is -2.12.